The summed E-state index contributed by atoms with van der Waals surface area (Å²) in [5.74, 6) is -0.244. The third kappa shape index (κ3) is 2.42. The number of nitrogens with one attached hydrogen (secondary N) is 3. The normalized spacial score (nSPS) is 18.9. The minimum Gasteiger partial charge on any atom is -0.347 e. The number of carbonyl (C=O) groups excluding carboxylic acids is 1. The van der Waals surface area contributed by atoms with Gasteiger partial charge in [0, 0.05) is 18.0 Å². The molecule has 1 amide bonds. The van der Waals surface area contributed by atoms with Gasteiger partial charge < -0.3 is 10.6 Å². The van der Waals surface area contributed by atoms with Gasteiger partial charge in [-0.2, -0.15) is 5.10 Å². The fraction of sp³-hybridized carbons (Fsp3) is 0.357. The van der Waals surface area contributed by atoms with E-state index in [2.05, 4.69) is 20.8 Å². The van der Waals surface area contributed by atoms with Crippen LogP contribution >= 0.6 is 0 Å². The molecular weight excluding hydrogens is 256 g/mol. The molecule has 0 aliphatic carbocycles. The van der Waals surface area contributed by atoms with E-state index in [0.29, 0.717) is 10.8 Å². The molecule has 6 heteroatoms. The third-order valence-electron chi connectivity index (χ3n) is 3.54. The first-order chi connectivity index (χ1) is 9.75. The predicted octanol–water partition coefficient (Wildman–Crippen LogP) is 0.405. The number of piperidine rings is 1. The monoisotopic (exact) mass is 272 g/mol. The first-order valence-electron chi connectivity index (χ1n) is 6.75. The topological polar surface area (TPSA) is 86.9 Å². The predicted molar refractivity (Wildman–Crippen MR) is 75.7 cm³/mol. The Labute approximate surface area is 115 Å². The smallest absolute Gasteiger partial charge is 0.272 e. The molecule has 1 aromatic heterocycles. The van der Waals surface area contributed by atoms with Crippen molar-refractivity contribution in [2.24, 2.45) is 0 Å². The Balaban J connectivity index is 1.91. The van der Waals surface area contributed by atoms with Crippen molar-refractivity contribution in [2.75, 3.05) is 13.1 Å². The fourth-order valence-corrected chi connectivity index (χ4v) is 2.52. The summed E-state index contributed by atoms with van der Waals surface area (Å²) in [6, 6.07) is 7.11. The maximum Gasteiger partial charge on any atom is 0.272 e. The second kappa shape index (κ2) is 5.42. The first kappa shape index (κ1) is 12.8. The summed E-state index contributed by atoms with van der Waals surface area (Å²) in [7, 11) is 0. The van der Waals surface area contributed by atoms with Gasteiger partial charge in [-0.05, 0) is 25.5 Å². The molecule has 1 aromatic carbocycles. The highest BCUT2D eigenvalue weighted by molar-refractivity contribution is 6.04. The molecule has 2 aromatic rings. The average Bonchev–Trinajstić information content (AvgIpc) is 2.49. The van der Waals surface area contributed by atoms with E-state index in [0.717, 1.165) is 25.9 Å². The lowest BCUT2D eigenvalue weighted by molar-refractivity contribution is 0.0926. The maximum absolute atomic E-state index is 12.3. The molecule has 0 bridgehead atoms. The summed E-state index contributed by atoms with van der Waals surface area (Å²) in [6.45, 7) is 1.76. The van der Waals surface area contributed by atoms with Crippen molar-refractivity contribution in [2.45, 2.75) is 18.9 Å². The minimum atomic E-state index is -0.281. The minimum absolute atomic E-state index is 0.115. The van der Waals surface area contributed by atoms with Crippen molar-refractivity contribution in [3.63, 3.8) is 0 Å². The number of benzene rings is 1. The number of H-pyrrole nitrogens is 1. The highest BCUT2D eigenvalue weighted by atomic mass is 16.2. The quantitative estimate of drug-likeness (QED) is 0.739. The highest BCUT2D eigenvalue weighted by Crippen LogP contribution is 2.12. The molecule has 104 valence electrons. The van der Waals surface area contributed by atoms with Gasteiger partial charge in [0.2, 0.25) is 0 Å². The summed E-state index contributed by atoms with van der Waals surface area (Å²) in [6.07, 6.45) is 2.00. The molecule has 3 N–H and O–H groups in total. The van der Waals surface area contributed by atoms with E-state index in [9.17, 15) is 9.59 Å². The summed E-state index contributed by atoms with van der Waals surface area (Å²) in [5, 5.41) is 13.5. The molecule has 6 nitrogen and oxygen atoms in total. The van der Waals surface area contributed by atoms with Crippen LogP contribution in [0.15, 0.2) is 29.1 Å². The van der Waals surface area contributed by atoms with E-state index in [1.165, 1.54) is 0 Å². The van der Waals surface area contributed by atoms with Gasteiger partial charge in [0.05, 0.1) is 5.39 Å². The van der Waals surface area contributed by atoms with Crippen molar-refractivity contribution in [1.29, 1.82) is 0 Å². The molecule has 3 rings (SSSR count). The van der Waals surface area contributed by atoms with Crippen LogP contribution in [0.3, 0.4) is 0 Å². The molecule has 0 saturated carbocycles. The van der Waals surface area contributed by atoms with E-state index in [-0.39, 0.29) is 23.2 Å². The number of aromatic nitrogens is 2. The lowest BCUT2D eigenvalue weighted by Gasteiger charge is -2.23. The molecule has 1 aliphatic rings. The van der Waals surface area contributed by atoms with Crippen LogP contribution in [0.5, 0.6) is 0 Å². The standard InChI is InChI=1S/C14H16N4O2/c19-13-11-6-2-1-5-10(11)12(17-18-13)14(20)16-9-4-3-7-15-8-9/h1-2,5-6,9,15H,3-4,7-8H2,(H,16,20)(H,18,19)/t9-/m0/s1. The van der Waals surface area contributed by atoms with Gasteiger partial charge in [0.25, 0.3) is 11.5 Å². The Bertz CT molecular complexity index is 689. The van der Waals surface area contributed by atoms with Crippen molar-refractivity contribution in [1.82, 2.24) is 20.8 Å². The van der Waals surface area contributed by atoms with E-state index < -0.39 is 0 Å². The highest BCUT2D eigenvalue weighted by Gasteiger charge is 2.19. The third-order valence-corrected chi connectivity index (χ3v) is 3.54. The summed E-state index contributed by atoms with van der Waals surface area (Å²) >= 11 is 0. The Hall–Kier alpha value is -2.21. The van der Waals surface area contributed by atoms with Gasteiger partial charge in [-0.1, -0.05) is 18.2 Å². The second-order valence-electron chi connectivity index (χ2n) is 4.96. The lowest BCUT2D eigenvalue weighted by Crippen LogP contribution is -2.46. The van der Waals surface area contributed by atoms with Crippen LogP contribution < -0.4 is 16.2 Å². The average molecular weight is 272 g/mol. The van der Waals surface area contributed by atoms with Gasteiger partial charge in [0.1, 0.15) is 0 Å². The number of nitrogens with zero attached hydrogens (tertiary/aromatic N) is 1. The van der Waals surface area contributed by atoms with Gasteiger partial charge in [0.15, 0.2) is 5.69 Å². The lowest BCUT2D eigenvalue weighted by atomic mass is 10.1. The molecule has 1 fully saturated rings. The van der Waals surface area contributed by atoms with Crippen LogP contribution in [0.4, 0.5) is 0 Å². The number of hydrogen-bond acceptors (Lipinski definition) is 4. The van der Waals surface area contributed by atoms with E-state index in [1.807, 2.05) is 0 Å². The molecule has 2 heterocycles. The Morgan fingerprint density at radius 3 is 2.85 bits per heavy atom. The number of fused-ring (bicyclic) bond motifs is 1. The number of rotatable bonds is 2. The summed E-state index contributed by atoms with van der Waals surface area (Å²) in [4.78, 5) is 24.0. The molecule has 0 radical (unpaired) electrons. The molecule has 1 saturated heterocycles. The van der Waals surface area contributed by atoms with E-state index >= 15 is 0 Å². The van der Waals surface area contributed by atoms with Crippen LogP contribution in [0.2, 0.25) is 0 Å². The van der Waals surface area contributed by atoms with Crippen molar-refractivity contribution in [3.05, 3.63) is 40.3 Å². The van der Waals surface area contributed by atoms with Gasteiger partial charge in [-0.25, -0.2) is 5.10 Å². The zero-order chi connectivity index (χ0) is 13.9. The first-order valence-corrected chi connectivity index (χ1v) is 6.75. The molecule has 0 spiro atoms. The molecular formula is C14H16N4O2. The van der Waals surface area contributed by atoms with Gasteiger partial charge >= 0.3 is 0 Å². The van der Waals surface area contributed by atoms with Crippen molar-refractivity contribution in [3.8, 4) is 0 Å². The van der Waals surface area contributed by atoms with Gasteiger partial charge in [-0.15, -0.1) is 0 Å². The van der Waals surface area contributed by atoms with Crippen LogP contribution in [0.25, 0.3) is 10.8 Å². The van der Waals surface area contributed by atoms with Crippen molar-refractivity contribution < 1.29 is 4.79 Å². The van der Waals surface area contributed by atoms with Crippen LogP contribution in [0.1, 0.15) is 23.3 Å². The van der Waals surface area contributed by atoms with Crippen molar-refractivity contribution >= 4 is 16.7 Å². The largest absolute Gasteiger partial charge is 0.347 e. The SMILES string of the molecule is O=C(N[C@H]1CCCNC1)c1n[nH]c(=O)c2ccccc12. The number of amides is 1. The molecule has 20 heavy (non-hydrogen) atoms. The van der Waals surface area contributed by atoms with Crippen LogP contribution in [-0.2, 0) is 0 Å². The number of aromatic amines is 1. The summed E-state index contributed by atoms with van der Waals surface area (Å²) in [5.41, 5.74) is -0.0118. The molecule has 1 atom stereocenters. The second-order valence-corrected chi connectivity index (χ2v) is 4.96. The Morgan fingerprint density at radius 2 is 2.10 bits per heavy atom. The number of hydrogen-bond donors (Lipinski definition) is 3. The summed E-state index contributed by atoms with van der Waals surface area (Å²) < 4.78 is 0. The maximum atomic E-state index is 12.3. The zero-order valence-corrected chi connectivity index (χ0v) is 11.0. The number of carbonyl (C=O) groups is 1. The van der Waals surface area contributed by atoms with Crippen LogP contribution in [0, 0.1) is 0 Å². The van der Waals surface area contributed by atoms with Crippen LogP contribution in [-0.4, -0.2) is 35.2 Å². The van der Waals surface area contributed by atoms with E-state index in [1.54, 1.807) is 24.3 Å². The molecule has 0 unspecified atom stereocenters. The fourth-order valence-electron chi connectivity index (χ4n) is 2.52. The zero-order valence-electron chi connectivity index (χ0n) is 11.0. The Morgan fingerprint density at radius 1 is 1.30 bits per heavy atom. The van der Waals surface area contributed by atoms with Gasteiger partial charge in [-0.3, -0.25) is 9.59 Å². The van der Waals surface area contributed by atoms with E-state index in [4.69, 9.17) is 0 Å². The Kier molecular flexibility index (Phi) is 3.47. The molecule has 1 aliphatic heterocycles.